The van der Waals surface area contributed by atoms with Crippen LogP contribution in [0.1, 0.15) is 35.0 Å². The number of rotatable bonds is 5. The zero-order valence-electron chi connectivity index (χ0n) is 15.8. The zero-order valence-corrected chi connectivity index (χ0v) is 17.3. The Morgan fingerprint density at radius 2 is 1.90 bits per heavy atom. The Bertz CT molecular complexity index is 974. The number of hydrogen-bond donors (Lipinski definition) is 1. The molecule has 0 radical (unpaired) electrons. The summed E-state index contributed by atoms with van der Waals surface area (Å²) in [5.74, 6) is 0.0433. The predicted octanol–water partition coefficient (Wildman–Crippen LogP) is 3.90. The van der Waals surface area contributed by atoms with E-state index < -0.39 is 0 Å². The number of anilines is 1. The lowest BCUT2D eigenvalue weighted by atomic mass is 10.0. The summed E-state index contributed by atoms with van der Waals surface area (Å²) in [5.41, 5.74) is 1.57. The van der Waals surface area contributed by atoms with E-state index in [1.54, 1.807) is 30.5 Å². The van der Waals surface area contributed by atoms with Crippen molar-refractivity contribution in [1.29, 1.82) is 0 Å². The summed E-state index contributed by atoms with van der Waals surface area (Å²) >= 11 is 3.18. The van der Waals surface area contributed by atoms with Gasteiger partial charge in [0.15, 0.2) is 10.4 Å². The number of imidazole rings is 1. The molecule has 7 nitrogen and oxygen atoms in total. The second-order valence-corrected chi connectivity index (χ2v) is 7.84. The molecule has 1 aliphatic rings. The fourth-order valence-electron chi connectivity index (χ4n) is 3.52. The number of hydrogen-bond acceptors (Lipinski definition) is 4. The van der Waals surface area contributed by atoms with Crippen LogP contribution in [0, 0.1) is 0 Å². The normalized spacial score (nSPS) is 14.7. The number of nitrogens with zero attached hydrogens (tertiary/aromatic N) is 3. The third kappa shape index (κ3) is 4.76. The molecular weight excluding hydrogens is 436 g/mol. The number of furan rings is 1. The first-order valence-electron chi connectivity index (χ1n) is 9.49. The first-order valence-corrected chi connectivity index (χ1v) is 10.3. The molecule has 0 spiro atoms. The second kappa shape index (κ2) is 8.65. The van der Waals surface area contributed by atoms with Crippen molar-refractivity contribution in [1.82, 2.24) is 14.5 Å². The Balaban J connectivity index is 1.28. The Morgan fingerprint density at radius 3 is 2.52 bits per heavy atom. The van der Waals surface area contributed by atoms with Gasteiger partial charge in [0.05, 0.1) is 12.7 Å². The third-order valence-electron chi connectivity index (χ3n) is 5.13. The molecule has 0 atom stereocenters. The quantitative estimate of drug-likeness (QED) is 0.631. The van der Waals surface area contributed by atoms with E-state index in [-0.39, 0.29) is 17.6 Å². The molecule has 1 aliphatic heterocycles. The second-order valence-electron chi connectivity index (χ2n) is 7.05. The summed E-state index contributed by atoms with van der Waals surface area (Å²) in [4.78, 5) is 30.8. The lowest BCUT2D eigenvalue weighted by molar-refractivity contribution is -0.131. The van der Waals surface area contributed by atoms with Gasteiger partial charge in [0.1, 0.15) is 0 Å². The van der Waals surface area contributed by atoms with Crippen molar-refractivity contribution in [2.75, 3.05) is 18.4 Å². The molecule has 1 saturated heterocycles. The maximum absolute atomic E-state index is 12.6. The van der Waals surface area contributed by atoms with Gasteiger partial charge in [-0.3, -0.25) is 9.59 Å². The van der Waals surface area contributed by atoms with Crippen LogP contribution in [0.3, 0.4) is 0 Å². The molecule has 2 aromatic heterocycles. The van der Waals surface area contributed by atoms with E-state index in [0.717, 1.165) is 31.5 Å². The third-order valence-corrected chi connectivity index (χ3v) is 5.55. The predicted molar refractivity (Wildman–Crippen MR) is 112 cm³/mol. The van der Waals surface area contributed by atoms with Gasteiger partial charge in [0.2, 0.25) is 5.91 Å². The molecule has 0 bridgehead atoms. The van der Waals surface area contributed by atoms with Gasteiger partial charge in [-0.05, 0) is 58.6 Å². The molecule has 3 aromatic rings. The molecule has 4 rings (SSSR count). The van der Waals surface area contributed by atoms with Gasteiger partial charge in [0.25, 0.3) is 5.91 Å². The lowest BCUT2D eigenvalue weighted by Gasteiger charge is -2.32. The largest absolute Gasteiger partial charge is 0.444 e. The number of nitrogens with one attached hydrogen (secondary N) is 1. The summed E-state index contributed by atoms with van der Waals surface area (Å²) in [7, 11) is 0. The Kier molecular flexibility index (Phi) is 5.80. The van der Waals surface area contributed by atoms with Gasteiger partial charge in [0, 0.05) is 37.2 Å². The van der Waals surface area contributed by atoms with Crippen LogP contribution in [-0.4, -0.2) is 39.4 Å². The topological polar surface area (TPSA) is 80.4 Å². The van der Waals surface area contributed by atoms with Crippen LogP contribution in [0.15, 0.2) is 64.2 Å². The van der Waals surface area contributed by atoms with Crippen LogP contribution < -0.4 is 5.32 Å². The maximum atomic E-state index is 12.6. The summed E-state index contributed by atoms with van der Waals surface area (Å²) in [5, 5.41) is 2.78. The van der Waals surface area contributed by atoms with Gasteiger partial charge in [-0.25, -0.2) is 4.98 Å². The van der Waals surface area contributed by atoms with Crippen LogP contribution in [0.25, 0.3) is 0 Å². The maximum Gasteiger partial charge on any atom is 0.291 e. The summed E-state index contributed by atoms with van der Waals surface area (Å²) < 4.78 is 7.87. The van der Waals surface area contributed by atoms with Gasteiger partial charge in [-0.1, -0.05) is 12.1 Å². The van der Waals surface area contributed by atoms with E-state index in [1.807, 2.05) is 29.6 Å². The molecule has 1 N–H and O–H groups in total. The van der Waals surface area contributed by atoms with Crippen molar-refractivity contribution >= 4 is 33.4 Å². The van der Waals surface area contributed by atoms with Crippen molar-refractivity contribution < 1.29 is 14.0 Å². The Labute approximate surface area is 176 Å². The standard InChI is InChI=1S/C21H21BrN4O3/c22-19-6-5-18(29-19)21(28)24-16-3-1-15(2-4-16)13-20(27)25-10-7-17(8-11-25)26-12-9-23-14-26/h1-6,9,12,14,17H,7-8,10-11,13H2,(H,24,28). The molecule has 1 fully saturated rings. The van der Waals surface area contributed by atoms with Crippen LogP contribution >= 0.6 is 15.9 Å². The van der Waals surface area contributed by atoms with Gasteiger partial charge in [-0.15, -0.1) is 0 Å². The van der Waals surface area contributed by atoms with E-state index >= 15 is 0 Å². The molecule has 2 amide bonds. The van der Waals surface area contributed by atoms with Crippen LogP contribution in [0.5, 0.6) is 0 Å². The van der Waals surface area contributed by atoms with E-state index in [9.17, 15) is 9.59 Å². The molecule has 3 heterocycles. The van der Waals surface area contributed by atoms with Gasteiger partial charge >= 0.3 is 0 Å². The van der Waals surface area contributed by atoms with E-state index in [2.05, 4.69) is 30.8 Å². The van der Waals surface area contributed by atoms with Crippen molar-refractivity contribution in [2.24, 2.45) is 0 Å². The van der Waals surface area contributed by atoms with Crippen molar-refractivity contribution in [3.8, 4) is 0 Å². The van der Waals surface area contributed by atoms with Crippen molar-refractivity contribution in [3.05, 3.63) is 71.1 Å². The summed E-state index contributed by atoms with van der Waals surface area (Å²) in [6.45, 7) is 1.52. The van der Waals surface area contributed by atoms with Gasteiger partial charge < -0.3 is 19.2 Å². The highest BCUT2D eigenvalue weighted by atomic mass is 79.9. The Hall–Kier alpha value is -2.87. The number of piperidine rings is 1. The minimum atomic E-state index is -0.319. The number of likely N-dealkylation sites (tertiary alicyclic amines) is 1. The smallest absolute Gasteiger partial charge is 0.291 e. The monoisotopic (exact) mass is 456 g/mol. The van der Waals surface area contributed by atoms with Crippen LogP contribution in [0.2, 0.25) is 0 Å². The van der Waals surface area contributed by atoms with Gasteiger partial charge in [-0.2, -0.15) is 0 Å². The molecular formula is C21H21BrN4O3. The average molecular weight is 457 g/mol. The molecule has 0 unspecified atom stereocenters. The average Bonchev–Trinajstić information content (AvgIpc) is 3.41. The van der Waals surface area contributed by atoms with E-state index in [4.69, 9.17) is 4.42 Å². The number of halogens is 1. The van der Waals surface area contributed by atoms with Crippen molar-refractivity contribution in [2.45, 2.75) is 25.3 Å². The molecule has 0 aliphatic carbocycles. The number of amides is 2. The minimum Gasteiger partial charge on any atom is -0.444 e. The van der Waals surface area contributed by atoms with Crippen LogP contribution in [0.4, 0.5) is 5.69 Å². The fourth-order valence-corrected chi connectivity index (χ4v) is 3.83. The molecule has 0 saturated carbocycles. The highest BCUT2D eigenvalue weighted by Gasteiger charge is 2.23. The zero-order chi connectivity index (χ0) is 20.2. The van der Waals surface area contributed by atoms with E-state index in [0.29, 0.717) is 22.8 Å². The SMILES string of the molecule is O=C(Nc1ccc(CC(=O)N2CCC(n3ccnc3)CC2)cc1)c1ccc(Br)o1. The fraction of sp³-hybridized carbons (Fsp3) is 0.286. The van der Waals surface area contributed by atoms with Crippen molar-refractivity contribution in [3.63, 3.8) is 0 Å². The van der Waals surface area contributed by atoms with E-state index in [1.165, 1.54) is 0 Å². The number of aromatic nitrogens is 2. The molecule has 150 valence electrons. The first-order chi connectivity index (χ1) is 14.1. The summed E-state index contributed by atoms with van der Waals surface area (Å²) in [6.07, 6.45) is 7.85. The molecule has 8 heteroatoms. The minimum absolute atomic E-state index is 0.131. The van der Waals surface area contributed by atoms with Crippen LogP contribution in [-0.2, 0) is 11.2 Å². The number of benzene rings is 1. The number of carbonyl (C=O) groups excluding carboxylic acids is 2. The number of carbonyl (C=O) groups is 2. The Morgan fingerprint density at radius 1 is 1.14 bits per heavy atom. The summed E-state index contributed by atoms with van der Waals surface area (Å²) in [6, 6.07) is 11.0. The molecule has 29 heavy (non-hydrogen) atoms. The lowest BCUT2D eigenvalue weighted by Crippen LogP contribution is -2.39. The highest BCUT2D eigenvalue weighted by Crippen LogP contribution is 2.23. The highest BCUT2D eigenvalue weighted by molar-refractivity contribution is 9.10. The molecule has 1 aromatic carbocycles. The first kappa shape index (κ1) is 19.4.